The van der Waals surface area contributed by atoms with Gasteiger partial charge in [-0.25, -0.2) is 0 Å². The van der Waals surface area contributed by atoms with Gasteiger partial charge in [0.15, 0.2) is 0 Å². The van der Waals surface area contributed by atoms with Gasteiger partial charge in [0.25, 0.3) is 0 Å². The van der Waals surface area contributed by atoms with Crippen LogP contribution in [0.15, 0.2) is 53.8 Å². The molecule has 3 heteroatoms. The molecule has 0 radical (unpaired) electrons. The van der Waals surface area contributed by atoms with E-state index in [1.807, 2.05) is 6.07 Å². The predicted octanol–water partition coefficient (Wildman–Crippen LogP) is 4.67. The number of aliphatic imine (C=N–C) groups is 1. The number of benzene rings is 2. The Bertz CT molecular complexity index is 970. The van der Waals surface area contributed by atoms with Gasteiger partial charge in [-0.1, -0.05) is 31.2 Å². The normalized spacial score (nSPS) is 19.0. The van der Waals surface area contributed by atoms with Crippen LogP contribution in [0.2, 0.25) is 0 Å². The number of aryl methyl sites for hydroxylation is 1. The van der Waals surface area contributed by atoms with E-state index in [9.17, 15) is 0 Å². The van der Waals surface area contributed by atoms with Crippen molar-refractivity contribution >= 4 is 16.7 Å². The van der Waals surface area contributed by atoms with Crippen LogP contribution in [0.5, 0.6) is 0 Å². The van der Waals surface area contributed by atoms with Gasteiger partial charge in [0.05, 0.1) is 22.3 Å². The van der Waals surface area contributed by atoms with E-state index in [0.717, 1.165) is 22.3 Å². The molecule has 120 valence electrons. The van der Waals surface area contributed by atoms with Crippen molar-refractivity contribution in [2.45, 2.75) is 39.2 Å². The minimum atomic E-state index is -0.133. The van der Waals surface area contributed by atoms with Crippen LogP contribution in [0.3, 0.4) is 0 Å². The van der Waals surface area contributed by atoms with E-state index in [2.05, 4.69) is 68.0 Å². The van der Waals surface area contributed by atoms with Gasteiger partial charge in [-0.2, -0.15) is 0 Å². The summed E-state index contributed by atoms with van der Waals surface area (Å²) in [6, 6.07) is 12.7. The van der Waals surface area contributed by atoms with Crippen molar-refractivity contribution in [3.8, 4) is 0 Å². The Morgan fingerprint density at radius 1 is 0.958 bits per heavy atom. The van der Waals surface area contributed by atoms with Crippen LogP contribution in [0.4, 0.5) is 0 Å². The van der Waals surface area contributed by atoms with Crippen LogP contribution in [0, 0.1) is 6.92 Å². The Morgan fingerprint density at radius 2 is 1.71 bits per heavy atom. The molecule has 2 heterocycles. The molecule has 0 bridgehead atoms. The van der Waals surface area contributed by atoms with Gasteiger partial charge in [-0.15, -0.1) is 0 Å². The maximum Gasteiger partial charge on any atom is 0.0893 e. The van der Waals surface area contributed by atoms with Crippen LogP contribution >= 0.6 is 0 Å². The molecule has 0 spiro atoms. The minimum Gasteiger partial charge on any atom is -0.277 e. The molecular weight excluding hydrogens is 294 g/mol. The number of aromatic nitrogens is 2. The lowest BCUT2D eigenvalue weighted by molar-refractivity contribution is 0.431. The average Bonchev–Trinajstić information content (AvgIpc) is 2.58. The highest BCUT2D eigenvalue weighted by molar-refractivity contribution is 6.15. The molecule has 1 unspecified atom stereocenters. The molecule has 2 aromatic carbocycles. The summed E-state index contributed by atoms with van der Waals surface area (Å²) in [5, 5.41) is 0. The van der Waals surface area contributed by atoms with E-state index in [1.54, 1.807) is 12.4 Å². The van der Waals surface area contributed by atoms with E-state index >= 15 is 0 Å². The zero-order valence-corrected chi connectivity index (χ0v) is 14.5. The largest absolute Gasteiger partial charge is 0.277 e. The van der Waals surface area contributed by atoms with Gasteiger partial charge < -0.3 is 0 Å². The lowest BCUT2D eigenvalue weighted by Gasteiger charge is -2.36. The summed E-state index contributed by atoms with van der Waals surface area (Å²) in [5.74, 6) is 0.387. The fourth-order valence-corrected chi connectivity index (χ4v) is 3.59. The van der Waals surface area contributed by atoms with Crippen molar-refractivity contribution in [1.29, 1.82) is 0 Å². The molecular formula is C21H21N3. The monoisotopic (exact) mass is 315 g/mol. The highest BCUT2D eigenvalue weighted by Gasteiger charge is 2.35. The number of hydrogen-bond acceptors (Lipinski definition) is 3. The summed E-state index contributed by atoms with van der Waals surface area (Å²) in [5.41, 5.74) is 7.83. The third-order valence-electron chi connectivity index (χ3n) is 5.21. The molecule has 1 aliphatic rings. The van der Waals surface area contributed by atoms with Gasteiger partial charge in [0.1, 0.15) is 0 Å². The second kappa shape index (κ2) is 5.23. The summed E-state index contributed by atoms with van der Waals surface area (Å²) in [7, 11) is 0. The number of nitrogens with zero attached hydrogens (tertiary/aromatic N) is 3. The van der Waals surface area contributed by atoms with E-state index < -0.39 is 0 Å². The summed E-state index contributed by atoms with van der Waals surface area (Å²) in [4.78, 5) is 13.9. The third kappa shape index (κ3) is 2.23. The molecule has 0 saturated heterocycles. The second-order valence-electron chi connectivity index (χ2n) is 7.13. The van der Waals surface area contributed by atoms with Gasteiger partial charge in [0, 0.05) is 29.4 Å². The average molecular weight is 315 g/mol. The van der Waals surface area contributed by atoms with Crippen LogP contribution in [-0.4, -0.2) is 21.2 Å². The van der Waals surface area contributed by atoms with E-state index in [4.69, 9.17) is 4.99 Å². The van der Waals surface area contributed by atoms with E-state index in [-0.39, 0.29) is 5.54 Å². The molecule has 1 aromatic heterocycles. The van der Waals surface area contributed by atoms with Crippen molar-refractivity contribution in [3.63, 3.8) is 0 Å². The molecule has 0 fully saturated rings. The first kappa shape index (κ1) is 15.0. The molecule has 0 aliphatic carbocycles. The SMILES string of the molecule is Cc1cccc2c1C(C)C(C)(C)N=C2c1ccc2nccnc2c1. The second-order valence-corrected chi connectivity index (χ2v) is 7.13. The van der Waals surface area contributed by atoms with E-state index in [1.165, 1.54) is 16.7 Å². The summed E-state index contributed by atoms with van der Waals surface area (Å²) < 4.78 is 0. The smallest absolute Gasteiger partial charge is 0.0893 e. The lowest BCUT2D eigenvalue weighted by atomic mass is 9.75. The van der Waals surface area contributed by atoms with Crippen LogP contribution in [-0.2, 0) is 0 Å². The van der Waals surface area contributed by atoms with Gasteiger partial charge in [-0.05, 0) is 44.0 Å². The lowest BCUT2D eigenvalue weighted by Crippen LogP contribution is -2.33. The fraction of sp³-hybridized carbons (Fsp3) is 0.286. The van der Waals surface area contributed by atoms with E-state index in [0.29, 0.717) is 5.92 Å². The first-order valence-corrected chi connectivity index (χ1v) is 8.38. The van der Waals surface area contributed by atoms with Crippen LogP contribution in [0.1, 0.15) is 48.9 Å². The molecule has 4 rings (SSSR count). The minimum absolute atomic E-state index is 0.133. The molecule has 0 amide bonds. The zero-order valence-electron chi connectivity index (χ0n) is 14.5. The highest BCUT2D eigenvalue weighted by atomic mass is 14.9. The highest BCUT2D eigenvalue weighted by Crippen LogP contribution is 2.40. The molecule has 3 aromatic rings. The van der Waals surface area contributed by atoms with Gasteiger partial charge >= 0.3 is 0 Å². The number of fused-ring (bicyclic) bond motifs is 2. The summed E-state index contributed by atoms with van der Waals surface area (Å²) in [6.07, 6.45) is 3.46. The zero-order chi connectivity index (χ0) is 16.9. The Labute approximate surface area is 142 Å². The van der Waals surface area contributed by atoms with Crippen molar-refractivity contribution in [2.24, 2.45) is 4.99 Å². The first-order valence-electron chi connectivity index (χ1n) is 8.38. The molecule has 24 heavy (non-hydrogen) atoms. The Kier molecular flexibility index (Phi) is 3.27. The molecule has 0 N–H and O–H groups in total. The first-order chi connectivity index (χ1) is 11.5. The van der Waals surface area contributed by atoms with Gasteiger partial charge in [-0.3, -0.25) is 15.0 Å². The standard InChI is InChI=1S/C21H21N3/c1-13-6-5-7-16-19(13)14(2)21(3,4)24-20(16)15-8-9-17-18(12-15)23-11-10-22-17/h5-12,14H,1-4H3. The number of hydrogen-bond donors (Lipinski definition) is 0. The molecule has 1 aliphatic heterocycles. The molecule has 0 saturated carbocycles. The maximum atomic E-state index is 5.12. The Morgan fingerprint density at radius 3 is 2.50 bits per heavy atom. The van der Waals surface area contributed by atoms with Crippen molar-refractivity contribution in [2.75, 3.05) is 0 Å². The Hall–Kier alpha value is -2.55. The molecule has 3 nitrogen and oxygen atoms in total. The third-order valence-corrected chi connectivity index (χ3v) is 5.21. The van der Waals surface area contributed by atoms with Crippen molar-refractivity contribution in [3.05, 3.63) is 71.0 Å². The summed E-state index contributed by atoms with van der Waals surface area (Å²) >= 11 is 0. The topological polar surface area (TPSA) is 38.1 Å². The predicted molar refractivity (Wildman–Crippen MR) is 98.9 cm³/mol. The maximum absolute atomic E-state index is 5.12. The molecule has 1 atom stereocenters. The number of rotatable bonds is 1. The summed E-state index contributed by atoms with van der Waals surface area (Å²) in [6.45, 7) is 8.90. The quantitative estimate of drug-likeness (QED) is 0.654. The fourth-order valence-electron chi connectivity index (χ4n) is 3.59. The van der Waals surface area contributed by atoms with Crippen molar-refractivity contribution < 1.29 is 0 Å². The van der Waals surface area contributed by atoms with Gasteiger partial charge in [0.2, 0.25) is 0 Å². The van der Waals surface area contributed by atoms with Crippen molar-refractivity contribution in [1.82, 2.24) is 9.97 Å². The Balaban J connectivity index is 1.97. The van der Waals surface area contributed by atoms with Crippen LogP contribution < -0.4 is 0 Å². The van der Waals surface area contributed by atoms with Crippen LogP contribution in [0.25, 0.3) is 11.0 Å².